The predicted octanol–water partition coefficient (Wildman–Crippen LogP) is 3.49. The van der Waals surface area contributed by atoms with Crippen LogP contribution in [0.4, 0.5) is 10.5 Å². The Kier molecular flexibility index (Phi) is 6.25. The summed E-state index contributed by atoms with van der Waals surface area (Å²) < 4.78 is 0. The first kappa shape index (κ1) is 16.8. The predicted molar refractivity (Wildman–Crippen MR) is 92.3 cm³/mol. The van der Waals surface area contributed by atoms with Gasteiger partial charge in [-0.1, -0.05) is 31.5 Å². The van der Waals surface area contributed by atoms with Crippen LogP contribution in [-0.4, -0.2) is 42.6 Å². The van der Waals surface area contributed by atoms with Gasteiger partial charge in [-0.25, -0.2) is 4.79 Å². The van der Waals surface area contributed by atoms with Crippen molar-refractivity contribution in [3.63, 3.8) is 0 Å². The van der Waals surface area contributed by atoms with E-state index in [2.05, 4.69) is 31.0 Å². The number of benzene rings is 1. The summed E-state index contributed by atoms with van der Waals surface area (Å²) in [6.07, 6.45) is 3.15. The number of hydrogen-bond donors (Lipinski definition) is 1. The monoisotopic (exact) mass is 303 g/mol. The summed E-state index contributed by atoms with van der Waals surface area (Å²) in [5.41, 5.74) is 0.993. The van der Waals surface area contributed by atoms with Crippen molar-refractivity contribution in [3.05, 3.63) is 30.3 Å². The van der Waals surface area contributed by atoms with E-state index in [9.17, 15) is 4.79 Å². The molecule has 0 aliphatic carbocycles. The number of urea groups is 1. The zero-order valence-electron chi connectivity index (χ0n) is 14.1. The molecule has 122 valence electrons. The zero-order chi connectivity index (χ0) is 15.9. The highest BCUT2D eigenvalue weighted by Crippen LogP contribution is 2.24. The highest BCUT2D eigenvalue weighted by atomic mass is 16.2. The van der Waals surface area contributed by atoms with Crippen molar-refractivity contribution >= 4 is 11.7 Å². The van der Waals surface area contributed by atoms with E-state index in [0.717, 1.165) is 44.6 Å². The molecule has 22 heavy (non-hydrogen) atoms. The summed E-state index contributed by atoms with van der Waals surface area (Å²) in [5.74, 6) is 0. The number of carbonyl (C=O) groups is 1. The number of nitrogens with zero attached hydrogens (tertiary/aromatic N) is 2. The van der Waals surface area contributed by atoms with Gasteiger partial charge in [0.05, 0.1) is 6.04 Å². The molecule has 0 bridgehead atoms. The third-order valence-corrected chi connectivity index (χ3v) is 4.35. The number of hydrogen-bond acceptors (Lipinski definition) is 2. The lowest BCUT2D eigenvalue weighted by Crippen LogP contribution is -2.48. The largest absolute Gasteiger partial charge is 0.338 e. The standard InChI is InChI=1S/C18H29N3O/c1-4-5-12-19-18(22)21(16-9-7-6-8-10-16)17-11-13-20(14-17)15(2)3/h6-10,15,17H,4-5,11-14H2,1-3H3,(H,19,22). The Hall–Kier alpha value is -1.55. The lowest BCUT2D eigenvalue weighted by Gasteiger charge is -2.30. The Labute approximate surface area is 134 Å². The smallest absolute Gasteiger partial charge is 0.322 e. The minimum Gasteiger partial charge on any atom is -0.338 e. The molecular weight excluding hydrogens is 274 g/mol. The molecule has 0 spiro atoms. The third-order valence-electron chi connectivity index (χ3n) is 4.35. The molecule has 1 unspecified atom stereocenters. The van der Waals surface area contributed by atoms with Crippen LogP contribution in [0.1, 0.15) is 40.0 Å². The minimum atomic E-state index is 0.0373. The number of amides is 2. The summed E-state index contributed by atoms with van der Waals surface area (Å²) in [4.78, 5) is 17.1. The number of unbranched alkanes of at least 4 members (excludes halogenated alkanes) is 1. The van der Waals surface area contributed by atoms with E-state index < -0.39 is 0 Å². The Morgan fingerprint density at radius 1 is 1.36 bits per heavy atom. The molecule has 1 aromatic rings. The topological polar surface area (TPSA) is 35.6 Å². The second-order valence-electron chi connectivity index (χ2n) is 6.32. The van der Waals surface area contributed by atoms with Gasteiger partial charge in [0.1, 0.15) is 0 Å². The molecule has 2 rings (SSSR count). The van der Waals surface area contributed by atoms with Gasteiger partial charge in [-0.05, 0) is 38.8 Å². The van der Waals surface area contributed by atoms with Crippen LogP contribution in [0.5, 0.6) is 0 Å². The van der Waals surface area contributed by atoms with Gasteiger partial charge < -0.3 is 5.32 Å². The van der Waals surface area contributed by atoms with Gasteiger partial charge in [-0.15, -0.1) is 0 Å². The third kappa shape index (κ3) is 4.23. The van der Waals surface area contributed by atoms with Crippen molar-refractivity contribution in [2.45, 2.75) is 52.1 Å². The Morgan fingerprint density at radius 2 is 2.09 bits per heavy atom. The van der Waals surface area contributed by atoms with Gasteiger partial charge in [0, 0.05) is 31.4 Å². The van der Waals surface area contributed by atoms with Crippen LogP contribution in [0.15, 0.2) is 30.3 Å². The maximum absolute atomic E-state index is 12.7. The van der Waals surface area contributed by atoms with Crippen molar-refractivity contribution in [3.8, 4) is 0 Å². The van der Waals surface area contributed by atoms with E-state index in [-0.39, 0.29) is 12.1 Å². The fraction of sp³-hybridized carbons (Fsp3) is 0.611. The quantitative estimate of drug-likeness (QED) is 0.817. The van der Waals surface area contributed by atoms with Gasteiger partial charge in [-0.3, -0.25) is 9.80 Å². The second kappa shape index (κ2) is 8.18. The van der Waals surface area contributed by atoms with Crippen molar-refractivity contribution < 1.29 is 4.79 Å². The van der Waals surface area contributed by atoms with Gasteiger partial charge in [0.25, 0.3) is 0 Å². The molecule has 1 fully saturated rings. The molecule has 4 heteroatoms. The molecule has 1 atom stereocenters. The highest BCUT2D eigenvalue weighted by Gasteiger charge is 2.32. The van der Waals surface area contributed by atoms with Gasteiger partial charge in [0.2, 0.25) is 0 Å². The lowest BCUT2D eigenvalue weighted by molar-refractivity contribution is 0.241. The number of carbonyl (C=O) groups excluding carboxylic acids is 1. The summed E-state index contributed by atoms with van der Waals surface area (Å²) in [6, 6.07) is 10.9. The van der Waals surface area contributed by atoms with Crippen molar-refractivity contribution in [2.75, 3.05) is 24.5 Å². The van der Waals surface area contributed by atoms with Crippen LogP contribution >= 0.6 is 0 Å². The van der Waals surface area contributed by atoms with Crippen molar-refractivity contribution in [1.29, 1.82) is 0 Å². The van der Waals surface area contributed by atoms with Crippen LogP contribution in [0.25, 0.3) is 0 Å². The molecule has 1 heterocycles. The molecular formula is C18H29N3O. The summed E-state index contributed by atoms with van der Waals surface area (Å²) in [5, 5.41) is 3.07. The molecule has 1 N–H and O–H groups in total. The molecule has 1 aliphatic heterocycles. The van der Waals surface area contributed by atoms with E-state index in [1.165, 1.54) is 0 Å². The lowest BCUT2D eigenvalue weighted by atomic mass is 10.2. The van der Waals surface area contributed by atoms with E-state index in [4.69, 9.17) is 0 Å². The Bertz CT molecular complexity index is 461. The SMILES string of the molecule is CCCCNC(=O)N(c1ccccc1)C1CCN(C(C)C)C1. The van der Waals surface area contributed by atoms with Crippen LogP contribution in [0.2, 0.25) is 0 Å². The van der Waals surface area contributed by atoms with Crippen molar-refractivity contribution in [1.82, 2.24) is 10.2 Å². The maximum Gasteiger partial charge on any atom is 0.322 e. The normalized spacial score (nSPS) is 18.6. The van der Waals surface area contributed by atoms with E-state index in [1.807, 2.05) is 35.2 Å². The van der Waals surface area contributed by atoms with E-state index >= 15 is 0 Å². The first-order chi connectivity index (χ1) is 10.6. The fourth-order valence-electron chi connectivity index (χ4n) is 2.99. The summed E-state index contributed by atoms with van der Waals surface area (Å²) in [6.45, 7) is 9.34. The number of anilines is 1. The Morgan fingerprint density at radius 3 is 2.68 bits per heavy atom. The summed E-state index contributed by atoms with van der Waals surface area (Å²) >= 11 is 0. The van der Waals surface area contributed by atoms with Crippen molar-refractivity contribution in [2.24, 2.45) is 0 Å². The Balaban J connectivity index is 2.10. The molecule has 0 radical (unpaired) electrons. The van der Waals surface area contributed by atoms with E-state index in [1.54, 1.807) is 0 Å². The second-order valence-corrected chi connectivity index (χ2v) is 6.32. The number of para-hydroxylation sites is 1. The molecule has 0 saturated carbocycles. The molecule has 1 saturated heterocycles. The number of nitrogens with one attached hydrogen (secondary N) is 1. The van der Waals surface area contributed by atoms with Crippen LogP contribution in [-0.2, 0) is 0 Å². The first-order valence-electron chi connectivity index (χ1n) is 8.49. The zero-order valence-corrected chi connectivity index (χ0v) is 14.1. The van der Waals surface area contributed by atoms with Gasteiger partial charge >= 0.3 is 6.03 Å². The number of likely N-dealkylation sites (tertiary alicyclic amines) is 1. The molecule has 0 aromatic heterocycles. The molecule has 4 nitrogen and oxygen atoms in total. The minimum absolute atomic E-state index is 0.0373. The van der Waals surface area contributed by atoms with Crippen LogP contribution < -0.4 is 10.2 Å². The van der Waals surface area contributed by atoms with Crippen LogP contribution in [0.3, 0.4) is 0 Å². The van der Waals surface area contributed by atoms with Gasteiger partial charge in [-0.2, -0.15) is 0 Å². The summed E-state index contributed by atoms with van der Waals surface area (Å²) in [7, 11) is 0. The average molecular weight is 303 g/mol. The fourth-order valence-corrected chi connectivity index (χ4v) is 2.99. The molecule has 2 amide bonds. The first-order valence-corrected chi connectivity index (χ1v) is 8.49. The molecule has 1 aliphatic rings. The number of rotatable bonds is 6. The average Bonchev–Trinajstić information content (AvgIpc) is 2.99. The van der Waals surface area contributed by atoms with E-state index in [0.29, 0.717) is 6.04 Å². The van der Waals surface area contributed by atoms with Gasteiger partial charge in [0.15, 0.2) is 0 Å². The molecule has 1 aromatic carbocycles. The van der Waals surface area contributed by atoms with Crippen LogP contribution in [0, 0.1) is 0 Å². The maximum atomic E-state index is 12.7. The highest BCUT2D eigenvalue weighted by molar-refractivity contribution is 5.92.